The van der Waals surface area contributed by atoms with Crippen molar-refractivity contribution in [1.29, 1.82) is 0 Å². The summed E-state index contributed by atoms with van der Waals surface area (Å²) >= 11 is 0. The Morgan fingerprint density at radius 1 is 1.00 bits per heavy atom. The monoisotopic (exact) mass is 321 g/mol. The lowest BCUT2D eigenvalue weighted by Crippen LogP contribution is -2.29. The Hall–Kier alpha value is 0.610. The molecule has 0 aromatic heterocycles. The molecule has 0 bridgehead atoms. The molecule has 1 saturated heterocycles. The van der Waals surface area contributed by atoms with Crippen molar-refractivity contribution in [3.8, 4) is 0 Å². The van der Waals surface area contributed by atoms with E-state index in [1.54, 1.807) is 0 Å². The summed E-state index contributed by atoms with van der Waals surface area (Å²) in [5.74, 6) is 2.77. The van der Waals surface area contributed by atoms with Crippen molar-refractivity contribution in [1.82, 2.24) is 0 Å². The highest BCUT2D eigenvalue weighted by molar-refractivity contribution is 7.97. The lowest BCUT2D eigenvalue weighted by atomic mass is 10.3. The van der Waals surface area contributed by atoms with E-state index < -0.39 is 26.7 Å². The molecule has 0 spiro atoms. The predicted octanol–water partition coefficient (Wildman–Crippen LogP) is 0.180. The minimum atomic E-state index is -5.27. The van der Waals surface area contributed by atoms with Gasteiger partial charge in [-0.15, -0.1) is 0 Å². The van der Waals surface area contributed by atoms with E-state index in [9.17, 15) is 14.2 Å². The fourth-order valence-electron chi connectivity index (χ4n) is 1.89. The number of rotatable bonds is 6. The van der Waals surface area contributed by atoms with Crippen molar-refractivity contribution in [2.24, 2.45) is 0 Å². The van der Waals surface area contributed by atoms with Gasteiger partial charge in [0.05, 0.1) is 0 Å². The van der Waals surface area contributed by atoms with Gasteiger partial charge in [-0.3, -0.25) is 9.13 Å². The Balaban J connectivity index is 2.63. The van der Waals surface area contributed by atoms with Crippen LogP contribution in [0.1, 0.15) is 25.7 Å². The predicted molar refractivity (Wildman–Crippen MR) is 69.5 cm³/mol. The van der Waals surface area contributed by atoms with Crippen LogP contribution >= 0.6 is 15.2 Å². The smallest absolute Gasteiger partial charge is 0.368 e. The van der Waals surface area contributed by atoms with E-state index in [0.717, 1.165) is 24.3 Å². The zero-order valence-corrected chi connectivity index (χ0v) is 12.4. The van der Waals surface area contributed by atoms with E-state index in [-0.39, 0.29) is 17.3 Å². The molecule has 5 N–H and O–H groups in total. The van der Waals surface area contributed by atoms with Gasteiger partial charge in [0.1, 0.15) is 17.3 Å². The molecule has 10 heteroatoms. The highest BCUT2D eigenvalue weighted by atomic mass is 32.2. The summed E-state index contributed by atoms with van der Waals surface area (Å²) in [7, 11) is -10.4. The Kier molecular flexibility index (Phi) is 5.49. The van der Waals surface area contributed by atoms with Gasteiger partial charge < -0.3 is 24.7 Å². The van der Waals surface area contributed by atoms with E-state index >= 15 is 0 Å². The van der Waals surface area contributed by atoms with Crippen molar-refractivity contribution in [3.63, 3.8) is 0 Å². The van der Waals surface area contributed by atoms with Crippen LogP contribution in [0.5, 0.6) is 0 Å². The summed E-state index contributed by atoms with van der Waals surface area (Å²) in [4.78, 5) is 35.7. The molecule has 1 fully saturated rings. The van der Waals surface area contributed by atoms with Gasteiger partial charge in [0.15, 0.2) is 0 Å². The van der Waals surface area contributed by atoms with E-state index in [1.807, 2.05) is 0 Å². The maximum Gasteiger partial charge on any atom is 0.369 e. The summed E-state index contributed by atoms with van der Waals surface area (Å²) in [5.41, 5.74) is 0. The molecular weight excluding hydrogens is 302 g/mol. The zero-order chi connectivity index (χ0) is 14.0. The van der Waals surface area contributed by atoms with Gasteiger partial charge in [0, 0.05) is 6.42 Å². The molecule has 1 aliphatic heterocycles. The third kappa shape index (κ3) is 3.81. The first-order valence-electron chi connectivity index (χ1n) is 5.56. The van der Waals surface area contributed by atoms with E-state index in [4.69, 9.17) is 19.6 Å². The van der Waals surface area contributed by atoms with Crippen molar-refractivity contribution >= 4 is 26.1 Å². The first kappa shape index (κ1) is 16.7. The minimum absolute atomic E-state index is 0.167. The molecule has 0 unspecified atom stereocenters. The van der Waals surface area contributed by atoms with Crippen molar-refractivity contribution < 1.29 is 33.8 Å². The second kappa shape index (κ2) is 5.94. The van der Waals surface area contributed by atoms with Gasteiger partial charge in [-0.2, -0.15) is 0 Å². The first-order chi connectivity index (χ1) is 8.08. The topological polar surface area (TPSA) is 135 Å². The largest absolute Gasteiger partial charge is 0.369 e. The van der Waals surface area contributed by atoms with Crippen LogP contribution in [-0.2, 0) is 20.0 Å². The Morgan fingerprint density at radius 3 is 1.83 bits per heavy atom. The third-order valence-corrected chi connectivity index (χ3v) is 9.47. The van der Waals surface area contributed by atoms with Gasteiger partial charge in [0.2, 0.25) is 0 Å². The molecular formula is C8H19O7P2S+. The van der Waals surface area contributed by atoms with E-state index in [2.05, 4.69) is 0 Å². The van der Waals surface area contributed by atoms with Crippen molar-refractivity contribution in [2.75, 3.05) is 17.3 Å². The number of hydrogen-bond donors (Lipinski definition) is 5. The third-order valence-electron chi connectivity index (χ3n) is 2.99. The molecule has 0 aromatic carbocycles. The van der Waals surface area contributed by atoms with Crippen LogP contribution in [0.2, 0.25) is 0 Å². The molecule has 0 radical (unpaired) electrons. The summed E-state index contributed by atoms with van der Waals surface area (Å²) in [6, 6.07) is 0. The maximum atomic E-state index is 11.1. The average molecular weight is 321 g/mol. The molecule has 108 valence electrons. The van der Waals surface area contributed by atoms with Crippen LogP contribution in [0.15, 0.2) is 0 Å². The molecule has 0 aliphatic carbocycles. The van der Waals surface area contributed by atoms with Crippen LogP contribution in [0.3, 0.4) is 0 Å². The standard InChI is InChI=1S/C8H18O7P2S/c9-8(16(10,11)12,17(13,14)15)4-3-7-18-5-1-2-6-18/h9H,1-7H2,(H3-,10,11,12,13,14,15)/p+1. The van der Waals surface area contributed by atoms with Crippen LogP contribution in [0.4, 0.5) is 0 Å². The van der Waals surface area contributed by atoms with E-state index in [1.165, 1.54) is 0 Å². The summed E-state index contributed by atoms with van der Waals surface area (Å²) in [5, 5.41) is 6.40. The van der Waals surface area contributed by atoms with Crippen LogP contribution in [-0.4, -0.2) is 47.0 Å². The molecule has 1 rings (SSSR count). The number of hydrogen-bond acceptors (Lipinski definition) is 3. The number of aliphatic hydroxyl groups is 1. The molecule has 0 amide bonds. The van der Waals surface area contributed by atoms with Crippen molar-refractivity contribution in [2.45, 2.75) is 30.8 Å². The van der Waals surface area contributed by atoms with Gasteiger partial charge >= 0.3 is 15.2 Å². The Labute approximate surface area is 108 Å². The molecule has 0 saturated carbocycles. The summed E-state index contributed by atoms with van der Waals surface area (Å²) in [6.07, 6.45) is 1.88. The molecule has 1 aliphatic rings. The molecule has 7 nitrogen and oxygen atoms in total. The van der Waals surface area contributed by atoms with Gasteiger partial charge in [0.25, 0.3) is 5.08 Å². The lowest BCUT2D eigenvalue weighted by Gasteiger charge is -2.28. The fraction of sp³-hybridized carbons (Fsp3) is 1.00. The van der Waals surface area contributed by atoms with Gasteiger partial charge in [-0.25, -0.2) is 0 Å². The average Bonchev–Trinajstić information content (AvgIpc) is 2.66. The highest BCUT2D eigenvalue weighted by Crippen LogP contribution is 2.69. The zero-order valence-electron chi connectivity index (χ0n) is 9.80. The minimum Gasteiger partial charge on any atom is -0.368 e. The Bertz CT molecular complexity index is 348. The second-order valence-corrected chi connectivity index (χ2v) is 10.9. The summed E-state index contributed by atoms with van der Waals surface area (Å²) in [6.45, 7) is 0. The molecule has 18 heavy (non-hydrogen) atoms. The van der Waals surface area contributed by atoms with Crippen molar-refractivity contribution in [3.05, 3.63) is 0 Å². The quantitative estimate of drug-likeness (QED) is 0.348. The molecule has 0 atom stereocenters. The molecule has 0 aromatic rings. The fourth-order valence-corrected chi connectivity index (χ4v) is 6.54. The second-order valence-electron chi connectivity index (χ2n) is 4.40. The molecule has 1 heterocycles. The van der Waals surface area contributed by atoms with E-state index in [0.29, 0.717) is 5.75 Å². The normalized spacial score (nSPS) is 19.4. The van der Waals surface area contributed by atoms with Crippen LogP contribution < -0.4 is 0 Å². The Morgan fingerprint density at radius 2 is 1.44 bits per heavy atom. The lowest BCUT2D eigenvalue weighted by molar-refractivity contribution is 0.122. The SMILES string of the molecule is O=P(O)(O)C(O)(CCC[S+]1CCCC1)P(=O)(O)O. The summed E-state index contributed by atoms with van der Waals surface area (Å²) < 4.78 is 22.2. The van der Waals surface area contributed by atoms with Crippen LogP contribution in [0.25, 0.3) is 0 Å². The maximum absolute atomic E-state index is 11.1. The highest BCUT2D eigenvalue weighted by Gasteiger charge is 2.58. The first-order valence-corrected chi connectivity index (χ1v) is 10.5. The van der Waals surface area contributed by atoms with Gasteiger partial charge in [-0.1, -0.05) is 0 Å². The van der Waals surface area contributed by atoms with Crippen LogP contribution in [0, 0.1) is 0 Å². The van der Waals surface area contributed by atoms with Gasteiger partial charge in [-0.05, 0) is 30.2 Å².